The lowest BCUT2D eigenvalue weighted by Gasteiger charge is -2.25. The number of benzene rings is 2. The molecular weight excluding hydrogens is 431 g/mol. The summed E-state index contributed by atoms with van der Waals surface area (Å²) in [5, 5.41) is 11.7. The Labute approximate surface area is 194 Å². The lowest BCUT2D eigenvalue weighted by molar-refractivity contribution is -0.0000139. The molecule has 1 saturated heterocycles. The van der Waals surface area contributed by atoms with Crippen LogP contribution in [0.1, 0.15) is 51.5 Å². The molecular formula is C24H27Cl2N4O-. The third-order valence-corrected chi connectivity index (χ3v) is 6.19. The SMILES string of the molecule is Cc1ccc(-n2ncc(C(=O)Nc3cc(Cl)ccc3C)c2C2CCNCC2)cc1C.[Cl-]. The minimum absolute atomic E-state index is 0. The van der Waals surface area contributed by atoms with Crippen molar-refractivity contribution in [2.24, 2.45) is 0 Å². The molecule has 164 valence electrons. The summed E-state index contributed by atoms with van der Waals surface area (Å²) in [5.74, 6) is 0.126. The Morgan fingerprint density at radius 3 is 2.48 bits per heavy atom. The smallest absolute Gasteiger partial charge is 0.259 e. The van der Waals surface area contributed by atoms with Crippen LogP contribution in [0.4, 0.5) is 5.69 Å². The number of nitrogens with zero attached hydrogens (tertiary/aromatic N) is 2. The number of amides is 1. The van der Waals surface area contributed by atoms with Crippen LogP contribution in [0.15, 0.2) is 42.6 Å². The Hall–Kier alpha value is -2.34. The molecule has 0 saturated carbocycles. The van der Waals surface area contributed by atoms with Crippen molar-refractivity contribution >= 4 is 23.2 Å². The summed E-state index contributed by atoms with van der Waals surface area (Å²) in [4.78, 5) is 13.3. The van der Waals surface area contributed by atoms with E-state index in [0.717, 1.165) is 48.6 Å². The minimum Gasteiger partial charge on any atom is -1.00 e. The first-order chi connectivity index (χ1) is 14.4. The largest absolute Gasteiger partial charge is 1.00 e. The van der Waals surface area contributed by atoms with E-state index in [-0.39, 0.29) is 24.2 Å². The standard InChI is InChI=1S/C24H27ClN4O.ClH/c1-15-5-7-20(12-17(15)3)29-23(18-8-10-26-11-9-18)21(14-27-29)24(30)28-22-13-19(25)6-4-16(22)2;/h4-7,12-14,18,26H,8-11H2,1-3H3,(H,28,30);1H/p-1. The summed E-state index contributed by atoms with van der Waals surface area (Å²) in [6, 6.07) is 11.8. The highest BCUT2D eigenvalue weighted by molar-refractivity contribution is 6.31. The monoisotopic (exact) mass is 457 g/mol. The number of carbonyl (C=O) groups is 1. The first-order valence-corrected chi connectivity index (χ1v) is 10.8. The van der Waals surface area contributed by atoms with Gasteiger partial charge in [0, 0.05) is 16.6 Å². The zero-order valence-electron chi connectivity index (χ0n) is 18.0. The normalized spacial score (nSPS) is 14.2. The van der Waals surface area contributed by atoms with E-state index in [1.807, 2.05) is 23.7 Å². The molecule has 0 aliphatic carbocycles. The van der Waals surface area contributed by atoms with E-state index < -0.39 is 0 Å². The zero-order chi connectivity index (χ0) is 21.3. The van der Waals surface area contributed by atoms with Crippen molar-refractivity contribution in [1.82, 2.24) is 15.1 Å². The first kappa shape index (κ1) is 23.3. The molecule has 0 atom stereocenters. The van der Waals surface area contributed by atoms with Crippen LogP contribution >= 0.6 is 11.6 Å². The number of nitrogens with one attached hydrogen (secondary N) is 2. The molecule has 1 fully saturated rings. The second-order valence-corrected chi connectivity index (χ2v) is 8.50. The number of rotatable bonds is 4. The molecule has 2 N–H and O–H groups in total. The van der Waals surface area contributed by atoms with E-state index in [1.165, 1.54) is 11.1 Å². The average Bonchev–Trinajstić information content (AvgIpc) is 3.18. The second-order valence-electron chi connectivity index (χ2n) is 8.06. The molecule has 1 aromatic heterocycles. The van der Waals surface area contributed by atoms with E-state index >= 15 is 0 Å². The molecule has 0 radical (unpaired) electrons. The van der Waals surface area contributed by atoms with Gasteiger partial charge in [-0.3, -0.25) is 4.79 Å². The maximum atomic E-state index is 13.3. The molecule has 2 heterocycles. The molecule has 31 heavy (non-hydrogen) atoms. The predicted molar refractivity (Wildman–Crippen MR) is 122 cm³/mol. The number of hydrogen-bond acceptors (Lipinski definition) is 3. The predicted octanol–water partition coefficient (Wildman–Crippen LogP) is 2.17. The molecule has 3 aromatic rings. The van der Waals surface area contributed by atoms with Crippen LogP contribution in [0.2, 0.25) is 5.02 Å². The van der Waals surface area contributed by atoms with E-state index in [2.05, 4.69) is 47.8 Å². The van der Waals surface area contributed by atoms with Crippen LogP contribution in [0.5, 0.6) is 0 Å². The quantitative estimate of drug-likeness (QED) is 0.630. The van der Waals surface area contributed by atoms with Crippen LogP contribution < -0.4 is 23.0 Å². The van der Waals surface area contributed by atoms with Gasteiger partial charge in [-0.25, -0.2) is 4.68 Å². The number of halogens is 2. The highest BCUT2D eigenvalue weighted by atomic mass is 35.5. The van der Waals surface area contributed by atoms with Gasteiger partial charge in [0.05, 0.1) is 23.1 Å². The molecule has 0 spiro atoms. The Morgan fingerprint density at radius 1 is 1.06 bits per heavy atom. The van der Waals surface area contributed by atoms with E-state index in [0.29, 0.717) is 10.6 Å². The van der Waals surface area contributed by atoms with Gasteiger partial charge in [0.25, 0.3) is 5.91 Å². The van der Waals surface area contributed by atoms with Crippen molar-refractivity contribution in [1.29, 1.82) is 0 Å². The molecule has 1 aliphatic rings. The summed E-state index contributed by atoms with van der Waals surface area (Å²) < 4.78 is 1.95. The van der Waals surface area contributed by atoms with Crippen LogP contribution in [0, 0.1) is 20.8 Å². The van der Waals surface area contributed by atoms with Crippen LogP contribution in [0.25, 0.3) is 5.69 Å². The van der Waals surface area contributed by atoms with Crippen LogP contribution in [-0.4, -0.2) is 28.8 Å². The van der Waals surface area contributed by atoms with Gasteiger partial charge in [-0.1, -0.05) is 23.7 Å². The molecule has 7 heteroatoms. The Balaban J connectivity index is 0.00000272. The maximum absolute atomic E-state index is 13.3. The summed E-state index contributed by atoms with van der Waals surface area (Å²) in [7, 11) is 0. The van der Waals surface area contributed by atoms with Crippen molar-refractivity contribution in [3.8, 4) is 5.69 Å². The third kappa shape index (κ3) is 4.95. The van der Waals surface area contributed by atoms with E-state index in [1.54, 1.807) is 12.3 Å². The number of carbonyl (C=O) groups excluding carboxylic acids is 1. The van der Waals surface area contributed by atoms with Crippen molar-refractivity contribution in [3.05, 3.63) is 75.6 Å². The Morgan fingerprint density at radius 2 is 1.77 bits per heavy atom. The fourth-order valence-electron chi connectivity index (χ4n) is 4.00. The van der Waals surface area contributed by atoms with Gasteiger partial charge in [-0.2, -0.15) is 5.10 Å². The lowest BCUT2D eigenvalue weighted by Crippen LogP contribution is -3.00. The van der Waals surface area contributed by atoms with E-state index in [4.69, 9.17) is 11.6 Å². The fourth-order valence-corrected chi connectivity index (χ4v) is 4.17. The van der Waals surface area contributed by atoms with Gasteiger partial charge >= 0.3 is 0 Å². The highest BCUT2D eigenvalue weighted by Gasteiger charge is 2.27. The zero-order valence-corrected chi connectivity index (χ0v) is 19.5. The number of aromatic nitrogens is 2. The molecule has 0 unspecified atom stereocenters. The molecule has 2 aromatic carbocycles. The average molecular weight is 458 g/mol. The van der Waals surface area contributed by atoms with Crippen molar-refractivity contribution in [3.63, 3.8) is 0 Å². The first-order valence-electron chi connectivity index (χ1n) is 10.4. The van der Waals surface area contributed by atoms with Gasteiger partial charge in [-0.15, -0.1) is 0 Å². The fraction of sp³-hybridized carbons (Fsp3) is 0.333. The Bertz CT molecular complexity index is 1090. The number of anilines is 1. The molecule has 1 amide bonds. The van der Waals surface area contributed by atoms with Gasteiger partial charge in [0.1, 0.15) is 0 Å². The molecule has 4 rings (SSSR count). The Kier molecular flexibility index (Phi) is 7.42. The molecule has 0 bridgehead atoms. The molecule has 1 aliphatic heterocycles. The van der Waals surface area contributed by atoms with Crippen molar-refractivity contribution in [2.45, 2.75) is 39.5 Å². The van der Waals surface area contributed by atoms with Gasteiger partial charge in [-0.05, 0) is 87.7 Å². The van der Waals surface area contributed by atoms with Crippen LogP contribution in [-0.2, 0) is 0 Å². The summed E-state index contributed by atoms with van der Waals surface area (Å²) in [5.41, 5.74) is 6.74. The van der Waals surface area contributed by atoms with Crippen LogP contribution in [0.3, 0.4) is 0 Å². The number of piperidine rings is 1. The maximum Gasteiger partial charge on any atom is 0.259 e. The number of aryl methyl sites for hydroxylation is 3. The summed E-state index contributed by atoms with van der Waals surface area (Å²) in [6.45, 7) is 8.04. The highest BCUT2D eigenvalue weighted by Crippen LogP contribution is 2.31. The van der Waals surface area contributed by atoms with Crippen molar-refractivity contribution < 1.29 is 17.2 Å². The van der Waals surface area contributed by atoms with Crippen molar-refractivity contribution in [2.75, 3.05) is 18.4 Å². The van der Waals surface area contributed by atoms with Gasteiger partial charge in [0.15, 0.2) is 0 Å². The van der Waals surface area contributed by atoms with Gasteiger partial charge < -0.3 is 23.0 Å². The summed E-state index contributed by atoms with van der Waals surface area (Å²) in [6.07, 6.45) is 3.65. The lowest BCUT2D eigenvalue weighted by atomic mass is 9.91. The van der Waals surface area contributed by atoms with Gasteiger partial charge in [0.2, 0.25) is 0 Å². The molecule has 5 nitrogen and oxygen atoms in total. The number of hydrogen-bond donors (Lipinski definition) is 2. The summed E-state index contributed by atoms with van der Waals surface area (Å²) >= 11 is 6.14. The van der Waals surface area contributed by atoms with E-state index in [9.17, 15) is 4.79 Å². The third-order valence-electron chi connectivity index (χ3n) is 5.96. The topological polar surface area (TPSA) is 59.0 Å². The second kappa shape index (κ2) is 9.86. The minimum atomic E-state index is -0.149.